The largest absolute Gasteiger partial charge is 0.331 e. The third kappa shape index (κ3) is 1.93. The Morgan fingerprint density at radius 1 is 1.44 bits per heavy atom. The molecule has 0 atom stereocenters. The Morgan fingerprint density at radius 3 is 2.88 bits per heavy atom. The van der Waals surface area contributed by atoms with Crippen LogP contribution in [-0.4, -0.2) is 16.1 Å². The molecule has 2 N–H and O–H groups in total. The second kappa shape index (κ2) is 4.44. The molecule has 0 radical (unpaired) electrons. The molecule has 1 heterocycles. The van der Waals surface area contributed by atoms with Gasteiger partial charge in [-0.2, -0.15) is 0 Å². The Kier molecular flexibility index (Phi) is 3.17. The molecule has 0 aliphatic heterocycles. The first-order valence-electron chi connectivity index (χ1n) is 5.45. The molecule has 0 aliphatic carbocycles. The van der Waals surface area contributed by atoms with Crippen LogP contribution in [0.25, 0.3) is 11.0 Å². The van der Waals surface area contributed by atoms with Gasteiger partial charge in [-0.25, -0.2) is 4.98 Å². The molecule has 0 spiro atoms. The van der Waals surface area contributed by atoms with Crippen molar-refractivity contribution in [2.24, 2.45) is 12.8 Å². The average molecular weight is 238 g/mol. The molecule has 0 saturated carbocycles. The van der Waals surface area contributed by atoms with Gasteiger partial charge in [-0.05, 0) is 44.0 Å². The van der Waals surface area contributed by atoms with Crippen LogP contribution in [-0.2, 0) is 13.5 Å². The lowest BCUT2D eigenvalue weighted by molar-refractivity contribution is 0.832. The van der Waals surface area contributed by atoms with Crippen LogP contribution >= 0.6 is 11.6 Å². The summed E-state index contributed by atoms with van der Waals surface area (Å²) in [4.78, 5) is 4.45. The zero-order chi connectivity index (χ0) is 11.7. The van der Waals surface area contributed by atoms with Crippen molar-refractivity contribution in [3.8, 4) is 0 Å². The lowest BCUT2D eigenvalue weighted by Gasteiger charge is -2.04. The van der Waals surface area contributed by atoms with Gasteiger partial charge in [0.15, 0.2) is 0 Å². The van der Waals surface area contributed by atoms with Crippen LogP contribution in [0.15, 0.2) is 12.1 Å². The number of hydrogen-bond donors (Lipinski definition) is 1. The molecule has 2 rings (SSSR count). The van der Waals surface area contributed by atoms with Gasteiger partial charge in [-0.15, -0.1) is 0 Å². The highest BCUT2D eigenvalue weighted by Crippen LogP contribution is 2.25. The van der Waals surface area contributed by atoms with Crippen molar-refractivity contribution in [1.82, 2.24) is 9.55 Å². The molecule has 1 aromatic heterocycles. The molecule has 4 heteroatoms. The molecular formula is C12H16ClN3. The summed E-state index contributed by atoms with van der Waals surface area (Å²) in [6.07, 6.45) is 1.89. The minimum atomic E-state index is 0.693. The Balaban J connectivity index is 2.51. The van der Waals surface area contributed by atoms with Crippen molar-refractivity contribution < 1.29 is 0 Å². The molecule has 0 saturated heterocycles. The summed E-state index contributed by atoms with van der Waals surface area (Å²) >= 11 is 6.21. The summed E-state index contributed by atoms with van der Waals surface area (Å²) in [5.41, 5.74) is 8.76. The molecule has 0 aliphatic rings. The van der Waals surface area contributed by atoms with Gasteiger partial charge in [-0.1, -0.05) is 11.6 Å². The van der Waals surface area contributed by atoms with E-state index in [0.29, 0.717) is 6.54 Å². The Morgan fingerprint density at radius 2 is 2.19 bits per heavy atom. The number of imidazole rings is 1. The van der Waals surface area contributed by atoms with E-state index in [4.69, 9.17) is 17.3 Å². The van der Waals surface area contributed by atoms with Gasteiger partial charge in [0.2, 0.25) is 0 Å². The Labute approximate surface area is 100 Å². The highest BCUT2D eigenvalue weighted by Gasteiger charge is 2.08. The summed E-state index contributed by atoms with van der Waals surface area (Å²) in [6, 6.07) is 4.06. The molecule has 2 aromatic rings. The molecule has 86 valence electrons. The average Bonchev–Trinajstić information content (AvgIpc) is 2.52. The number of nitrogens with zero attached hydrogens (tertiary/aromatic N) is 2. The van der Waals surface area contributed by atoms with Crippen molar-refractivity contribution in [2.75, 3.05) is 6.54 Å². The van der Waals surface area contributed by atoms with Gasteiger partial charge in [0.05, 0.1) is 11.0 Å². The molecule has 3 nitrogen and oxygen atoms in total. The van der Waals surface area contributed by atoms with Crippen LogP contribution in [0.3, 0.4) is 0 Å². The van der Waals surface area contributed by atoms with E-state index < -0.39 is 0 Å². The maximum atomic E-state index is 6.21. The molecule has 0 bridgehead atoms. The number of hydrogen-bond acceptors (Lipinski definition) is 2. The Bertz CT molecular complexity index is 516. The summed E-state index contributed by atoms with van der Waals surface area (Å²) in [5, 5.41) is 0.791. The van der Waals surface area contributed by atoms with E-state index in [1.807, 2.05) is 20.0 Å². The van der Waals surface area contributed by atoms with Crippen molar-refractivity contribution in [2.45, 2.75) is 19.8 Å². The van der Waals surface area contributed by atoms with Gasteiger partial charge >= 0.3 is 0 Å². The summed E-state index contributed by atoms with van der Waals surface area (Å²) in [6.45, 7) is 2.69. The fourth-order valence-electron chi connectivity index (χ4n) is 1.86. The third-order valence-electron chi connectivity index (χ3n) is 2.92. The Hall–Kier alpha value is -1.06. The van der Waals surface area contributed by atoms with E-state index in [-0.39, 0.29) is 0 Å². The van der Waals surface area contributed by atoms with Crippen LogP contribution in [0, 0.1) is 6.92 Å². The first kappa shape index (κ1) is 11.4. The molecule has 0 fully saturated rings. The highest BCUT2D eigenvalue weighted by atomic mass is 35.5. The van der Waals surface area contributed by atoms with Crippen LogP contribution in [0.4, 0.5) is 0 Å². The summed E-state index contributed by atoms with van der Waals surface area (Å²) < 4.78 is 2.08. The van der Waals surface area contributed by atoms with Gasteiger partial charge in [0.25, 0.3) is 0 Å². The van der Waals surface area contributed by atoms with Crippen LogP contribution < -0.4 is 5.73 Å². The first-order chi connectivity index (χ1) is 7.63. The normalized spacial score (nSPS) is 11.2. The smallest absolute Gasteiger partial charge is 0.106 e. The van der Waals surface area contributed by atoms with E-state index >= 15 is 0 Å². The fraction of sp³-hybridized carbons (Fsp3) is 0.417. The predicted octanol–water partition coefficient (Wildman–Crippen LogP) is 2.43. The topological polar surface area (TPSA) is 43.8 Å². The summed E-state index contributed by atoms with van der Waals surface area (Å²) in [5.74, 6) is 1.00. The highest BCUT2D eigenvalue weighted by molar-refractivity contribution is 6.32. The van der Waals surface area contributed by atoms with Gasteiger partial charge < -0.3 is 10.3 Å². The number of aryl methyl sites for hydroxylation is 3. The quantitative estimate of drug-likeness (QED) is 0.891. The van der Waals surface area contributed by atoms with E-state index in [1.165, 1.54) is 0 Å². The summed E-state index contributed by atoms with van der Waals surface area (Å²) in [7, 11) is 2.02. The maximum Gasteiger partial charge on any atom is 0.106 e. The standard InChI is InChI=1S/C12H16ClN3/c1-8-15-11-7-10(13)9(4-3-5-14)6-12(11)16(8)2/h6-7H,3-5,14H2,1-2H3. The van der Waals surface area contributed by atoms with Crippen molar-refractivity contribution in [1.29, 1.82) is 0 Å². The van der Waals surface area contributed by atoms with E-state index in [2.05, 4.69) is 15.6 Å². The first-order valence-corrected chi connectivity index (χ1v) is 5.83. The lowest BCUT2D eigenvalue weighted by Crippen LogP contribution is -2.01. The number of aromatic nitrogens is 2. The minimum Gasteiger partial charge on any atom is -0.331 e. The second-order valence-corrected chi connectivity index (χ2v) is 4.45. The lowest BCUT2D eigenvalue weighted by atomic mass is 10.1. The molecule has 16 heavy (non-hydrogen) atoms. The number of halogens is 1. The predicted molar refractivity (Wildman–Crippen MR) is 67.8 cm³/mol. The molecule has 1 aromatic carbocycles. The molecule has 0 unspecified atom stereocenters. The van der Waals surface area contributed by atoms with E-state index in [9.17, 15) is 0 Å². The van der Waals surface area contributed by atoms with Gasteiger partial charge in [0, 0.05) is 12.1 Å². The van der Waals surface area contributed by atoms with E-state index in [1.54, 1.807) is 0 Å². The van der Waals surface area contributed by atoms with Crippen molar-refractivity contribution in [3.63, 3.8) is 0 Å². The third-order valence-corrected chi connectivity index (χ3v) is 3.27. The van der Waals surface area contributed by atoms with E-state index in [0.717, 1.165) is 40.3 Å². The van der Waals surface area contributed by atoms with Crippen molar-refractivity contribution in [3.05, 3.63) is 28.5 Å². The number of benzene rings is 1. The zero-order valence-electron chi connectivity index (χ0n) is 9.63. The molecule has 0 amide bonds. The second-order valence-electron chi connectivity index (χ2n) is 4.04. The van der Waals surface area contributed by atoms with Crippen molar-refractivity contribution >= 4 is 22.6 Å². The maximum absolute atomic E-state index is 6.21. The fourth-order valence-corrected chi connectivity index (χ4v) is 2.11. The monoisotopic (exact) mass is 237 g/mol. The number of nitrogens with two attached hydrogens (primary N) is 1. The SMILES string of the molecule is Cc1nc2cc(Cl)c(CCCN)cc2n1C. The van der Waals surface area contributed by atoms with Crippen LogP contribution in [0.5, 0.6) is 0 Å². The molecular weight excluding hydrogens is 222 g/mol. The van der Waals surface area contributed by atoms with Gasteiger partial charge in [-0.3, -0.25) is 0 Å². The van der Waals surface area contributed by atoms with Crippen LogP contribution in [0.2, 0.25) is 5.02 Å². The number of rotatable bonds is 3. The zero-order valence-corrected chi connectivity index (χ0v) is 10.4. The number of fused-ring (bicyclic) bond motifs is 1. The van der Waals surface area contributed by atoms with Gasteiger partial charge in [0.1, 0.15) is 5.82 Å². The minimum absolute atomic E-state index is 0.693. The van der Waals surface area contributed by atoms with Crippen LogP contribution in [0.1, 0.15) is 17.8 Å².